The summed E-state index contributed by atoms with van der Waals surface area (Å²) in [7, 11) is 0. The summed E-state index contributed by atoms with van der Waals surface area (Å²) in [5.74, 6) is -0.691. The zero-order valence-corrected chi connectivity index (χ0v) is 5.66. The van der Waals surface area contributed by atoms with Gasteiger partial charge in [-0.1, -0.05) is 0 Å². The van der Waals surface area contributed by atoms with Gasteiger partial charge in [0.2, 0.25) is 0 Å². The molecule has 1 N–H and O–H groups in total. The number of nitrogens with zero attached hydrogens (tertiary/aromatic N) is 1. The molecule has 1 aliphatic heterocycles. The molecule has 9 heavy (non-hydrogen) atoms. The predicted octanol–water partition coefficient (Wildman–Crippen LogP) is 0.164. The van der Waals surface area contributed by atoms with Gasteiger partial charge in [-0.25, -0.2) is 0 Å². The molecule has 1 heterocycles. The normalized spacial score (nSPS) is 32.8. The molecule has 1 saturated heterocycles. The topological polar surface area (TPSA) is 40.3 Å². The van der Waals surface area contributed by atoms with Crippen LogP contribution >= 0.6 is 0 Å². The third-order valence-electron chi connectivity index (χ3n) is 1.60. The van der Waals surface area contributed by atoms with Gasteiger partial charge in [-0.3, -0.25) is 9.69 Å². The highest BCUT2D eigenvalue weighted by Gasteiger charge is 2.41. The molecule has 3 nitrogen and oxygen atoms in total. The van der Waals surface area contributed by atoms with E-state index in [-0.39, 0.29) is 6.04 Å². The fourth-order valence-corrected chi connectivity index (χ4v) is 0.943. The van der Waals surface area contributed by atoms with E-state index in [9.17, 15) is 4.79 Å². The van der Waals surface area contributed by atoms with E-state index in [1.54, 1.807) is 0 Å². The fourth-order valence-electron chi connectivity index (χ4n) is 0.943. The quantitative estimate of drug-likeness (QED) is 0.540. The molecule has 0 aromatic heterocycles. The van der Waals surface area contributed by atoms with Gasteiger partial charge in [0.1, 0.15) is 6.04 Å². The molecular formula is C6H11NO2. The maximum atomic E-state index is 10.2. The number of carboxylic acids is 1. The number of carbonyl (C=O) groups is 1. The summed E-state index contributed by atoms with van der Waals surface area (Å²) in [4.78, 5) is 12.2. The molecule has 0 aromatic rings. The van der Waals surface area contributed by atoms with Crippen molar-refractivity contribution in [2.45, 2.75) is 25.9 Å². The largest absolute Gasteiger partial charge is 0.480 e. The number of aliphatic carboxylic acids is 1. The van der Waals surface area contributed by atoms with Crippen molar-refractivity contribution in [2.75, 3.05) is 6.54 Å². The van der Waals surface area contributed by atoms with Gasteiger partial charge in [0.25, 0.3) is 0 Å². The van der Waals surface area contributed by atoms with Gasteiger partial charge in [0, 0.05) is 12.6 Å². The highest BCUT2D eigenvalue weighted by atomic mass is 16.4. The Labute approximate surface area is 54.3 Å². The highest BCUT2D eigenvalue weighted by Crippen LogP contribution is 2.20. The van der Waals surface area contributed by atoms with Crippen LogP contribution in [0.25, 0.3) is 0 Å². The number of hydrogen-bond acceptors (Lipinski definition) is 2. The van der Waals surface area contributed by atoms with E-state index in [1.807, 2.05) is 18.7 Å². The van der Waals surface area contributed by atoms with Gasteiger partial charge in [0.05, 0.1) is 0 Å². The van der Waals surface area contributed by atoms with Crippen LogP contribution in [-0.2, 0) is 4.79 Å². The molecule has 52 valence electrons. The molecule has 1 fully saturated rings. The molecular weight excluding hydrogens is 118 g/mol. The fraction of sp³-hybridized carbons (Fsp3) is 0.833. The van der Waals surface area contributed by atoms with Crippen molar-refractivity contribution in [3.05, 3.63) is 0 Å². The summed E-state index contributed by atoms with van der Waals surface area (Å²) >= 11 is 0. The Morgan fingerprint density at radius 1 is 1.78 bits per heavy atom. The van der Waals surface area contributed by atoms with Crippen LogP contribution < -0.4 is 0 Å². The second kappa shape index (κ2) is 1.99. The number of hydrogen-bond donors (Lipinski definition) is 1. The highest BCUT2D eigenvalue weighted by molar-refractivity contribution is 5.76. The minimum Gasteiger partial charge on any atom is -0.480 e. The average Bonchev–Trinajstić information content (AvgIpc) is 2.39. The van der Waals surface area contributed by atoms with Crippen LogP contribution in [0.4, 0.5) is 0 Å². The Balaban J connectivity index is 2.33. The lowest BCUT2D eigenvalue weighted by molar-refractivity contribution is -0.137. The molecule has 0 bridgehead atoms. The molecule has 2 atom stereocenters. The summed E-state index contributed by atoms with van der Waals surface area (Å²) in [5.41, 5.74) is 0. The lowest BCUT2D eigenvalue weighted by Crippen LogP contribution is -2.17. The van der Waals surface area contributed by atoms with Crippen molar-refractivity contribution >= 4 is 5.97 Å². The lowest BCUT2D eigenvalue weighted by Gasteiger charge is -2.03. The summed E-state index contributed by atoms with van der Waals surface area (Å²) in [6, 6.07) is 0.191. The predicted molar refractivity (Wildman–Crippen MR) is 33.3 cm³/mol. The number of rotatable bonds is 2. The van der Waals surface area contributed by atoms with E-state index in [1.165, 1.54) is 0 Å². The van der Waals surface area contributed by atoms with E-state index in [0.29, 0.717) is 6.04 Å². The van der Waals surface area contributed by atoms with Gasteiger partial charge < -0.3 is 5.11 Å². The molecule has 0 aromatic carbocycles. The van der Waals surface area contributed by atoms with Crippen LogP contribution in [0.3, 0.4) is 0 Å². The summed E-state index contributed by atoms with van der Waals surface area (Å²) in [5, 5.41) is 8.43. The van der Waals surface area contributed by atoms with Crippen LogP contribution in [0, 0.1) is 0 Å². The molecule has 1 aliphatic rings. The second-order valence-corrected chi connectivity index (χ2v) is 2.64. The summed E-state index contributed by atoms with van der Waals surface area (Å²) < 4.78 is 0. The van der Waals surface area contributed by atoms with Crippen LogP contribution in [0.2, 0.25) is 0 Å². The van der Waals surface area contributed by atoms with E-state index < -0.39 is 5.97 Å². The first kappa shape index (κ1) is 6.55. The Morgan fingerprint density at radius 3 is 2.44 bits per heavy atom. The molecule has 0 spiro atoms. The molecule has 0 radical (unpaired) electrons. The van der Waals surface area contributed by atoms with Crippen molar-refractivity contribution in [1.29, 1.82) is 0 Å². The SMILES string of the molecule is CC(C)N1C[C@H]1C(=O)O. The standard InChI is InChI=1S/C6H11NO2/c1-4(2)7-3-5(7)6(8)9/h4-5H,3H2,1-2H3,(H,8,9)/t5-,7?/m0/s1. The first-order valence-electron chi connectivity index (χ1n) is 3.11. The first-order chi connectivity index (χ1) is 4.13. The van der Waals surface area contributed by atoms with Crippen molar-refractivity contribution in [2.24, 2.45) is 0 Å². The smallest absolute Gasteiger partial charge is 0.322 e. The first-order valence-corrected chi connectivity index (χ1v) is 3.11. The average molecular weight is 129 g/mol. The molecule has 1 rings (SSSR count). The molecule has 0 saturated carbocycles. The van der Waals surface area contributed by atoms with Crippen LogP contribution in [-0.4, -0.2) is 34.6 Å². The Hall–Kier alpha value is -0.570. The van der Waals surface area contributed by atoms with Gasteiger partial charge in [-0.2, -0.15) is 0 Å². The molecule has 0 aliphatic carbocycles. The Kier molecular flexibility index (Phi) is 1.45. The van der Waals surface area contributed by atoms with Gasteiger partial charge in [-0.05, 0) is 13.8 Å². The molecule has 3 heteroatoms. The third-order valence-corrected chi connectivity index (χ3v) is 1.60. The minimum atomic E-state index is -0.691. The summed E-state index contributed by atoms with van der Waals surface area (Å²) in [6.45, 7) is 4.74. The van der Waals surface area contributed by atoms with Crippen molar-refractivity contribution in [3.8, 4) is 0 Å². The van der Waals surface area contributed by atoms with E-state index in [4.69, 9.17) is 5.11 Å². The number of carboxylic acid groups (broad SMARTS) is 1. The third kappa shape index (κ3) is 1.21. The zero-order valence-electron chi connectivity index (χ0n) is 5.66. The minimum absolute atomic E-state index is 0.190. The van der Waals surface area contributed by atoms with Crippen LogP contribution in [0.1, 0.15) is 13.8 Å². The maximum absolute atomic E-state index is 10.2. The van der Waals surface area contributed by atoms with Crippen LogP contribution in [0.5, 0.6) is 0 Å². The Bertz CT molecular complexity index is 133. The monoisotopic (exact) mass is 129 g/mol. The van der Waals surface area contributed by atoms with E-state index in [2.05, 4.69) is 0 Å². The molecule has 1 unspecified atom stereocenters. The van der Waals surface area contributed by atoms with Crippen molar-refractivity contribution < 1.29 is 9.90 Å². The van der Waals surface area contributed by atoms with Crippen molar-refractivity contribution in [1.82, 2.24) is 4.90 Å². The van der Waals surface area contributed by atoms with Gasteiger partial charge in [0.15, 0.2) is 0 Å². The maximum Gasteiger partial charge on any atom is 0.322 e. The zero-order chi connectivity index (χ0) is 7.02. The van der Waals surface area contributed by atoms with Gasteiger partial charge in [-0.15, -0.1) is 0 Å². The van der Waals surface area contributed by atoms with E-state index >= 15 is 0 Å². The van der Waals surface area contributed by atoms with Crippen molar-refractivity contribution in [3.63, 3.8) is 0 Å². The lowest BCUT2D eigenvalue weighted by atomic mass is 10.4. The Morgan fingerprint density at radius 2 is 2.33 bits per heavy atom. The molecule has 0 amide bonds. The van der Waals surface area contributed by atoms with E-state index in [0.717, 1.165) is 6.54 Å². The van der Waals surface area contributed by atoms with Crippen LogP contribution in [0.15, 0.2) is 0 Å². The second-order valence-electron chi connectivity index (χ2n) is 2.64. The summed E-state index contributed by atoms with van der Waals surface area (Å²) in [6.07, 6.45) is 0. The van der Waals surface area contributed by atoms with Gasteiger partial charge >= 0.3 is 5.97 Å².